The summed E-state index contributed by atoms with van der Waals surface area (Å²) >= 11 is 10.4. The van der Waals surface area contributed by atoms with Gasteiger partial charge in [0, 0.05) is 17.3 Å². The van der Waals surface area contributed by atoms with Gasteiger partial charge in [0.05, 0.1) is 28.8 Å². The van der Waals surface area contributed by atoms with Gasteiger partial charge < -0.3 is 10.1 Å². The predicted molar refractivity (Wildman–Crippen MR) is 105 cm³/mol. The van der Waals surface area contributed by atoms with Gasteiger partial charge in [0.25, 0.3) is 0 Å². The van der Waals surface area contributed by atoms with E-state index in [1.165, 1.54) is 18.4 Å². The molecule has 2 rings (SSSR count). The minimum atomic E-state index is -0.529. The number of ether oxygens (including phenoxy) is 1. The summed E-state index contributed by atoms with van der Waals surface area (Å²) in [6.45, 7) is 0. The van der Waals surface area contributed by atoms with Crippen LogP contribution in [0.15, 0.2) is 40.9 Å². The molecule has 8 heteroatoms. The summed E-state index contributed by atoms with van der Waals surface area (Å²) in [4.78, 5) is 36.5. The molecule has 138 valence electrons. The van der Waals surface area contributed by atoms with Gasteiger partial charge in [-0.1, -0.05) is 39.7 Å². The maximum absolute atomic E-state index is 12.3. The van der Waals surface area contributed by atoms with Crippen LogP contribution in [-0.2, 0) is 14.3 Å². The van der Waals surface area contributed by atoms with E-state index >= 15 is 0 Å². The van der Waals surface area contributed by atoms with Crippen LogP contribution in [0.25, 0.3) is 0 Å². The Labute approximate surface area is 168 Å². The highest BCUT2D eigenvalue weighted by Gasteiger charge is 2.20. The van der Waals surface area contributed by atoms with Crippen LogP contribution >= 0.6 is 38.9 Å². The number of esters is 1. The van der Waals surface area contributed by atoms with E-state index in [9.17, 15) is 14.4 Å². The van der Waals surface area contributed by atoms with Crippen molar-refractivity contribution in [2.45, 2.75) is 25.3 Å². The average Bonchev–Trinajstić information content (AvgIpc) is 3.05. The SMILES string of the molecule is COC(=O)CC(NC(=O)CCC(=O)c1ccc(Cl)s1)c1cccc(Br)c1. The lowest BCUT2D eigenvalue weighted by atomic mass is 10.0. The maximum atomic E-state index is 12.3. The first-order chi connectivity index (χ1) is 12.4. The van der Waals surface area contributed by atoms with Gasteiger partial charge in [-0.05, 0) is 29.8 Å². The predicted octanol–water partition coefficient (Wildman–Crippen LogP) is 4.55. The average molecular weight is 459 g/mol. The Morgan fingerprint density at radius 2 is 2.00 bits per heavy atom. The summed E-state index contributed by atoms with van der Waals surface area (Å²) in [7, 11) is 1.30. The number of thiophene rings is 1. The first-order valence-corrected chi connectivity index (χ1v) is 9.78. The van der Waals surface area contributed by atoms with E-state index in [0.717, 1.165) is 10.0 Å². The fourth-order valence-corrected chi connectivity index (χ4v) is 3.73. The van der Waals surface area contributed by atoms with E-state index in [4.69, 9.17) is 16.3 Å². The molecule has 0 saturated carbocycles. The Kier molecular flexibility index (Phi) is 7.81. The van der Waals surface area contributed by atoms with Crippen LogP contribution in [0.5, 0.6) is 0 Å². The number of amides is 1. The quantitative estimate of drug-likeness (QED) is 0.465. The standard InChI is InChI=1S/C18H17BrClNO4S/c1-25-18(24)10-13(11-3-2-4-12(19)9-11)21-17(23)8-5-14(22)15-6-7-16(20)26-15/h2-4,6-7,9,13H,5,8,10H2,1H3,(H,21,23). The lowest BCUT2D eigenvalue weighted by Crippen LogP contribution is -2.30. The fraction of sp³-hybridized carbons (Fsp3) is 0.278. The first kappa shape index (κ1) is 20.6. The second kappa shape index (κ2) is 9.85. The normalized spacial score (nSPS) is 11.7. The molecule has 0 aliphatic rings. The van der Waals surface area contributed by atoms with Crippen molar-refractivity contribution in [3.8, 4) is 0 Å². The number of halogens is 2. The Morgan fingerprint density at radius 3 is 2.62 bits per heavy atom. The highest BCUT2D eigenvalue weighted by Crippen LogP contribution is 2.24. The van der Waals surface area contributed by atoms with E-state index in [1.807, 2.05) is 24.3 Å². The molecule has 1 N–H and O–H groups in total. The summed E-state index contributed by atoms with van der Waals surface area (Å²) in [5.74, 6) is -0.876. The van der Waals surface area contributed by atoms with Gasteiger partial charge in [-0.15, -0.1) is 11.3 Å². The lowest BCUT2D eigenvalue weighted by molar-refractivity contribution is -0.141. The molecule has 0 spiro atoms. The highest BCUT2D eigenvalue weighted by atomic mass is 79.9. The maximum Gasteiger partial charge on any atom is 0.307 e. The Balaban J connectivity index is 1.99. The lowest BCUT2D eigenvalue weighted by Gasteiger charge is -2.18. The van der Waals surface area contributed by atoms with E-state index in [0.29, 0.717) is 9.21 Å². The van der Waals surface area contributed by atoms with E-state index < -0.39 is 12.0 Å². The van der Waals surface area contributed by atoms with Gasteiger partial charge in [0.2, 0.25) is 5.91 Å². The molecular weight excluding hydrogens is 442 g/mol. The second-order valence-electron chi connectivity index (χ2n) is 5.48. The molecule has 1 aromatic heterocycles. The second-order valence-corrected chi connectivity index (χ2v) is 8.11. The summed E-state index contributed by atoms with van der Waals surface area (Å²) < 4.78 is 6.08. The molecule has 0 fully saturated rings. The number of carbonyl (C=O) groups is 3. The largest absolute Gasteiger partial charge is 0.469 e. The van der Waals surface area contributed by atoms with Gasteiger partial charge in [-0.25, -0.2) is 0 Å². The molecule has 2 aromatic rings. The van der Waals surface area contributed by atoms with Crippen molar-refractivity contribution in [3.63, 3.8) is 0 Å². The molecule has 0 radical (unpaired) electrons. The molecule has 0 saturated heterocycles. The number of carbonyl (C=O) groups excluding carboxylic acids is 3. The number of Topliss-reactive ketones (excluding diaryl/α,β-unsaturated/α-hetero) is 1. The summed E-state index contributed by atoms with van der Waals surface area (Å²) in [6, 6.07) is 10.1. The highest BCUT2D eigenvalue weighted by molar-refractivity contribution is 9.10. The van der Waals surface area contributed by atoms with Gasteiger partial charge in [-0.2, -0.15) is 0 Å². The number of methoxy groups -OCH3 is 1. The van der Waals surface area contributed by atoms with Gasteiger partial charge in [-0.3, -0.25) is 14.4 Å². The van der Waals surface area contributed by atoms with Crippen molar-refractivity contribution in [1.82, 2.24) is 5.32 Å². The molecule has 0 bridgehead atoms. The van der Waals surface area contributed by atoms with Crippen molar-refractivity contribution < 1.29 is 19.1 Å². The summed E-state index contributed by atoms with van der Waals surface area (Å²) in [6.07, 6.45) is 0.110. The zero-order valence-electron chi connectivity index (χ0n) is 14.0. The number of nitrogens with one attached hydrogen (secondary N) is 1. The van der Waals surface area contributed by atoms with Gasteiger partial charge in [0.1, 0.15) is 0 Å². The van der Waals surface area contributed by atoms with Crippen molar-refractivity contribution in [3.05, 3.63) is 55.6 Å². The molecule has 0 aliphatic carbocycles. The van der Waals surface area contributed by atoms with Gasteiger partial charge >= 0.3 is 5.97 Å². The summed E-state index contributed by atoms with van der Waals surface area (Å²) in [5.41, 5.74) is 0.773. The molecule has 1 aromatic carbocycles. The topological polar surface area (TPSA) is 72.5 Å². The summed E-state index contributed by atoms with van der Waals surface area (Å²) in [5, 5.41) is 2.80. The molecule has 0 aliphatic heterocycles. The third-order valence-corrected chi connectivity index (χ3v) is 5.38. The van der Waals surface area contributed by atoms with E-state index in [1.54, 1.807) is 12.1 Å². The van der Waals surface area contributed by atoms with Crippen LogP contribution < -0.4 is 5.32 Å². The number of hydrogen-bond donors (Lipinski definition) is 1. The third kappa shape index (κ3) is 6.23. The molecule has 1 atom stereocenters. The Bertz CT molecular complexity index is 808. The van der Waals surface area contributed by atoms with Crippen molar-refractivity contribution >= 4 is 56.5 Å². The van der Waals surface area contributed by atoms with Crippen molar-refractivity contribution in [2.75, 3.05) is 7.11 Å². The van der Waals surface area contributed by atoms with Crippen LogP contribution in [0.4, 0.5) is 0 Å². The zero-order valence-corrected chi connectivity index (χ0v) is 17.1. The minimum absolute atomic E-state index is 0.00712. The van der Waals surface area contributed by atoms with Crippen LogP contribution in [0.3, 0.4) is 0 Å². The van der Waals surface area contributed by atoms with Crippen LogP contribution in [0.2, 0.25) is 4.34 Å². The molecular formula is C18H17BrClNO4S. The monoisotopic (exact) mass is 457 g/mol. The number of rotatable bonds is 8. The van der Waals surface area contributed by atoms with E-state index in [-0.39, 0.29) is 31.0 Å². The van der Waals surface area contributed by atoms with E-state index in [2.05, 4.69) is 21.2 Å². The third-order valence-electron chi connectivity index (χ3n) is 3.61. The van der Waals surface area contributed by atoms with Crippen LogP contribution in [0, 0.1) is 0 Å². The first-order valence-electron chi connectivity index (χ1n) is 7.79. The Hall–Kier alpha value is -1.70. The van der Waals surface area contributed by atoms with Crippen molar-refractivity contribution in [1.29, 1.82) is 0 Å². The van der Waals surface area contributed by atoms with Gasteiger partial charge in [0.15, 0.2) is 5.78 Å². The van der Waals surface area contributed by atoms with Crippen LogP contribution in [-0.4, -0.2) is 24.8 Å². The fourth-order valence-electron chi connectivity index (χ4n) is 2.31. The number of ketones is 1. The molecule has 1 heterocycles. The smallest absolute Gasteiger partial charge is 0.307 e. The molecule has 1 unspecified atom stereocenters. The molecule has 26 heavy (non-hydrogen) atoms. The van der Waals surface area contributed by atoms with Crippen LogP contribution in [0.1, 0.15) is 40.5 Å². The Morgan fingerprint density at radius 1 is 1.23 bits per heavy atom. The zero-order chi connectivity index (χ0) is 19.1. The minimum Gasteiger partial charge on any atom is -0.469 e. The number of benzene rings is 1. The molecule has 1 amide bonds. The van der Waals surface area contributed by atoms with Crippen molar-refractivity contribution in [2.24, 2.45) is 0 Å². The number of hydrogen-bond acceptors (Lipinski definition) is 5. The molecule has 5 nitrogen and oxygen atoms in total.